The van der Waals surface area contributed by atoms with Crippen molar-refractivity contribution in [1.29, 1.82) is 0 Å². The molecule has 6 aromatic rings. The van der Waals surface area contributed by atoms with Gasteiger partial charge in [-0.3, -0.25) is 28.8 Å². The largest absolute Gasteiger partial charge is 0.460 e. The highest BCUT2D eigenvalue weighted by Crippen LogP contribution is 2.34. The number of anilines is 3. The van der Waals surface area contributed by atoms with E-state index in [1.54, 1.807) is 36.4 Å². The summed E-state index contributed by atoms with van der Waals surface area (Å²) in [4.78, 5) is 77.0. The second-order valence-electron chi connectivity index (χ2n) is 18.4. The van der Waals surface area contributed by atoms with Crippen molar-refractivity contribution in [2.24, 2.45) is 34.4 Å². The molecule has 77 heavy (non-hydrogen) atoms. The van der Waals surface area contributed by atoms with Gasteiger partial charge in [0.25, 0.3) is 0 Å². The van der Waals surface area contributed by atoms with Crippen LogP contribution in [0.15, 0.2) is 164 Å². The van der Waals surface area contributed by atoms with E-state index in [2.05, 4.69) is 16.0 Å². The first kappa shape index (κ1) is 60.1. The summed E-state index contributed by atoms with van der Waals surface area (Å²) >= 11 is 0. The van der Waals surface area contributed by atoms with Gasteiger partial charge in [-0.15, -0.1) is 12.4 Å². The van der Waals surface area contributed by atoms with Gasteiger partial charge >= 0.3 is 17.9 Å². The molecular formula is C58H68ClN9O9. The topological polar surface area (TPSA) is 322 Å². The molecule has 19 heteroatoms. The summed E-state index contributed by atoms with van der Waals surface area (Å²) < 4.78 is 16.0. The number of nitrogens with one attached hydrogen (secondary N) is 3. The van der Waals surface area contributed by atoms with Crippen LogP contribution in [0.5, 0.6) is 0 Å². The van der Waals surface area contributed by atoms with Crippen LogP contribution in [0.4, 0.5) is 17.1 Å². The number of amides is 3. The Hall–Kier alpha value is -7.81. The Labute approximate surface area is 454 Å². The standard InChI is InChI=1S/C58H67N9O9.ClH/c59-46(28-31-49(62)56(71)74-34-37-10-4-1-5-11-37)53(68)65-43-22-16-40(17-23-43)52(41-18-24-44(25-19-41)66-54(69)47(60)29-32-50(63)57(72)75-35-38-12-6-2-7-13-38)42-20-26-45(27-21-42)67-55(70)48(61)30-33-51(64)58(73)76-36-39-14-8-3-9-15-39;/h1-27,46-52H,28-36,59-64H2,(H,65,68)(H,66,69)(H,67,70);1H/t46-,47-,48-,49?,50?,51?,52?;/m0./s1. The van der Waals surface area contributed by atoms with Crippen LogP contribution >= 0.6 is 12.4 Å². The van der Waals surface area contributed by atoms with Crippen molar-refractivity contribution in [3.8, 4) is 0 Å². The zero-order chi connectivity index (χ0) is 54.4. The summed E-state index contributed by atoms with van der Waals surface area (Å²) in [6.45, 7) is 0.249. The van der Waals surface area contributed by atoms with E-state index < -0.39 is 71.9 Å². The number of ether oxygens (including phenoxy) is 3. The van der Waals surface area contributed by atoms with Crippen LogP contribution in [0.1, 0.15) is 77.8 Å². The van der Waals surface area contributed by atoms with Crippen LogP contribution in [0.3, 0.4) is 0 Å². The predicted octanol–water partition coefficient (Wildman–Crippen LogP) is 5.64. The molecule has 3 unspecified atom stereocenters. The van der Waals surface area contributed by atoms with Crippen molar-refractivity contribution in [2.45, 2.75) is 101 Å². The molecular weight excluding hydrogens is 1000 g/mol. The fourth-order valence-electron chi connectivity index (χ4n) is 7.89. The Kier molecular flexibility index (Phi) is 23.9. The number of nitrogens with two attached hydrogens (primary N) is 6. The van der Waals surface area contributed by atoms with Crippen LogP contribution < -0.4 is 50.4 Å². The molecule has 6 atom stereocenters. The second-order valence-corrected chi connectivity index (χ2v) is 18.4. The van der Waals surface area contributed by atoms with Crippen LogP contribution in [0.25, 0.3) is 0 Å². The zero-order valence-electron chi connectivity index (χ0n) is 42.5. The quantitative estimate of drug-likeness (QED) is 0.0171. The number of esters is 3. The first-order chi connectivity index (χ1) is 36.6. The van der Waals surface area contributed by atoms with Gasteiger partial charge in [0.1, 0.15) is 37.9 Å². The highest BCUT2D eigenvalue weighted by Gasteiger charge is 2.24. The second kappa shape index (κ2) is 30.7. The van der Waals surface area contributed by atoms with Gasteiger partial charge in [-0.25, -0.2) is 0 Å². The van der Waals surface area contributed by atoms with E-state index in [9.17, 15) is 28.8 Å². The molecule has 0 aromatic heterocycles. The normalized spacial score (nSPS) is 13.6. The van der Waals surface area contributed by atoms with Crippen molar-refractivity contribution in [2.75, 3.05) is 16.0 Å². The molecule has 3 amide bonds. The minimum Gasteiger partial charge on any atom is -0.460 e. The number of rotatable bonds is 27. The van der Waals surface area contributed by atoms with E-state index in [0.717, 1.165) is 33.4 Å². The summed E-state index contributed by atoms with van der Waals surface area (Å²) in [5, 5.41) is 8.52. The molecule has 6 aromatic carbocycles. The van der Waals surface area contributed by atoms with E-state index in [0.29, 0.717) is 17.1 Å². The lowest BCUT2D eigenvalue weighted by Gasteiger charge is -2.21. The minimum absolute atomic E-state index is 0. The van der Waals surface area contributed by atoms with Crippen molar-refractivity contribution in [3.05, 3.63) is 197 Å². The van der Waals surface area contributed by atoms with E-state index in [-0.39, 0.29) is 76.7 Å². The summed E-state index contributed by atoms with van der Waals surface area (Å²) in [7, 11) is 0. The highest BCUT2D eigenvalue weighted by atomic mass is 35.5. The first-order valence-corrected chi connectivity index (χ1v) is 25.0. The molecule has 0 radical (unpaired) electrons. The highest BCUT2D eigenvalue weighted by molar-refractivity contribution is 5.96. The molecule has 18 nitrogen and oxygen atoms in total. The van der Waals surface area contributed by atoms with E-state index in [4.69, 9.17) is 48.6 Å². The fourth-order valence-corrected chi connectivity index (χ4v) is 7.89. The lowest BCUT2D eigenvalue weighted by molar-refractivity contribution is -0.147. The molecule has 0 bridgehead atoms. The zero-order valence-corrected chi connectivity index (χ0v) is 43.4. The third kappa shape index (κ3) is 19.4. The summed E-state index contributed by atoms with van der Waals surface area (Å²) in [5.41, 5.74) is 43.3. The van der Waals surface area contributed by atoms with Gasteiger partial charge < -0.3 is 64.6 Å². The number of carbonyl (C=O) groups excluding carboxylic acids is 6. The summed E-state index contributed by atoms with van der Waals surface area (Å²) in [6, 6.07) is 43.5. The Morgan fingerprint density at radius 3 is 0.779 bits per heavy atom. The van der Waals surface area contributed by atoms with Crippen LogP contribution in [0, 0.1) is 0 Å². The van der Waals surface area contributed by atoms with Gasteiger partial charge in [0, 0.05) is 23.0 Å². The maximum absolute atomic E-state index is 13.2. The maximum Gasteiger partial charge on any atom is 0.323 e. The van der Waals surface area contributed by atoms with Gasteiger partial charge in [0.2, 0.25) is 17.7 Å². The van der Waals surface area contributed by atoms with Crippen LogP contribution in [-0.4, -0.2) is 71.9 Å². The molecule has 0 spiro atoms. The summed E-state index contributed by atoms with van der Waals surface area (Å²) in [5.74, 6) is -3.53. The third-order valence-electron chi connectivity index (χ3n) is 12.5. The first-order valence-electron chi connectivity index (χ1n) is 25.0. The number of carbonyl (C=O) groups is 6. The lowest BCUT2D eigenvalue weighted by Crippen LogP contribution is -2.39. The molecule has 0 aliphatic carbocycles. The summed E-state index contributed by atoms with van der Waals surface area (Å²) in [6.07, 6.45) is 0.825. The van der Waals surface area contributed by atoms with Crippen LogP contribution in [-0.2, 0) is 62.8 Å². The molecule has 0 fully saturated rings. The molecule has 406 valence electrons. The van der Waals surface area contributed by atoms with Crippen molar-refractivity contribution >= 4 is 65.1 Å². The van der Waals surface area contributed by atoms with E-state index >= 15 is 0 Å². The van der Waals surface area contributed by atoms with Gasteiger partial charge in [-0.1, -0.05) is 127 Å². The molecule has 0 heterocycles. The monoisotopic (exact) mass is 1070 g/mol. The van der Waals surface area contributed by atoms with E-state index in [1.807, 2.05) is 127 Å². The van der Waals surface area contributed by atoms with Crippen molar-refractivity contribution < 1.29 is 43.0 Å². The lowest BCUT2D eigenvalue weighted by atomic mass is 9.85. The van der Waals surface area contributed by atoms with Gasteiger partial charge in [-0.2, -0.15) is 0 Å². The number of hydrogen-bond acceptors (Lipinski definition) is 15. The smallest absolute Gasteiger partial charge is 0.323 e. The van der Waals surface area contributed by atoms with Crippen LogP contribution in [0.2, 0.25) is 0 Å². The number of benzene rings is 6. The molecule has 6 rings (SSSR count). The SMILES string of the molecule is Cl.NC(CC[C@H](N)C(=O)Nc1ccc(C(c2ccc(NC(=O)[C@@H](N)CCC(N)C(=O)OCc3ccccc3)cc2)c2ccc(NC(=O)[C@@H](N)CCC(N)C(=O)OCc3ccccc3)cc2)cc1)C(=O)OCc1ccccc1. The number of hydrogen-bond donors (Lipinski definition) is 9. The molecule has 0 saturated heterocycles. The molecule has 0 aliphatic rings. The van der Waals surface area contributed by atoms with Gasteiger partial charge in [0.05, 0.1) is 18.1 Å². The predicted molar refractivity (Wildman–Crippen MR) is 298 cm³/mol. The maximum atomic E-state index is 13.2. The third-order valence-corrected chi connectivity index (χ3v) is 12.5. The Morgan fingerprint density at radius 1 is 0.325 bits per heavy atom. The molecule has 0 saturated carbocycles. The van der Waals surface area contributed by atoms with Crippen molar-refractivity contribution in [1.82, 2.24) is 0 Å². The average molecular weight is 1070 g/mol. The van der Waals surface area contributed by atoms with Crippen molar-refractivity contribution in [3.63, 3.8) is 0 Å². The Morgan fingerprint density at radius 2 is 0.545 bits per heavy atom. The van der Waals surface area contributed by atoms with Gasteiger partial charge in [-0.05, 0) is 108 Å². The Bertz CT molecular complexity index is 2510. The number of halogens is 1. The Balaban J connectivity index is 0.0000109. The van der Waals surface area contributed by atoms with Gasteiger partial charge in [0.15, 0.2) is 0 Å². The molecule has 15 N–H and O–H groups in total. The average Bonchev–Trinajstić information content (AvgIpc) is 3.45. The minimum atomic E-state index is -0.958. The van der Waals surface area contributed by atoms with E-state index in [1.165, 1.54) is 0 Å². The molecule has 0 aliphatic heterocycles. The fraction of sp³-hybridized carbons (Fsp3) is 0.276.